The summed E-state index contributed by atoms with van der Waals surface area (Å²) in [7, 11) is 0. The lowest BCUT2D eigenvalue weighted by molar-refractivity contribution is 0.0702. The molecule has 0 aliphatic carbocycles. The van der Waals surface area contributed by atoms with Crippen LogP contribution in [0.4, 0.5) is 0 Å². The summed E-state index contributed by atoms with van der Waals surface area (Å²) in [5, 5.41) is 8.88. The highest BCUT2D eigenvalue weighted by atomic mass is 32.1. The van der Waals surface area contributed by atoms with Crippen molar-refractivity contribution in [2.45, 2.75) is 6.92 Å². The first kappa shape index (κ1) is 9.86. The van der Waals surface area contributed by atoms with Gasteiger partial charge >= 0.3 is 5.97 Å². The minimum Gasteiger partial charge on any atom is -0.477 e. The van der Waals surface area contributed by atoms with Gasteiger partial charge < -0.3 is 5.11 Å². The number of aromatic nitrogens is 1. The van der Waals surface area contributed by atoms with Gasteiger partial charge in [0.1, 0.15) is 4.88 Å². The maximum absolute atomic E-state index is 10.8. The number of rotatable bonds is 2. The number of pyridine rings is 1. The summed E-state index contributed by atoms with van der Waals surface area (Å²) in [6, 6.07) is 3.45. The molecule has 3 nitrogen and oxygen atoms in total. The lowest BCUT2D eigenvalue weighted by Gasteiger charge is -1.99. The van der Waals surface area contributed by atoms with Gasteiger partial charge in [0.25, 0.3) is 0 Å². The third-order valence-corrected chi connectivity index (χ3v) is 3.23. The second-order valence-corrected chi connectivity index (χ2v) is 4.32. The fraction of sp³-hybridized carbons (Fsp3) is 0.0909. The van der Waals surface area contributed by atoms with Crippen LogP contribution in [-0.4, -0.2) is 16.1 Å². The molecular weight excluding hydrogens is 210 g/mol. The number of nitrogens with zero attached hydrogens (tertiary/aromatic N) is 1. The maximum Gasteiger partial charge on any atom is 0.345 e. The van der Waals surface area contributed by atoms with E-state index in [1.807, 2.05) is 13.0 Å². The van der Waals surface area contributed by atoms with Gasteiger partial charge in [0.15, 0.2) is 0 Å². The van der Waals surface area contributed by atoms with Gasteiger partial charge in [0, 0.05) is 6.20 Å². The predicted octanol–water partition coefficient (Wildman–Crippen LogP) is 3.03. The molecule has 0 bridgehead atoms. The molecule has 0 fully saturated rings. The van der Waals surface area contributed by atoms with Gasteiger partial charge in [-0.1, -0.05) is 6.58 Å². The second-order valence-electron chi connectivity index (χ2n) is 3.27. The standard InChI is InChI=1S/C11H9NO2S/c1-6(2)7-3-4-12-8-5-9(11(13)14)15-10(7)8/h3-5H,1H2,2H3,(H,13,14). The molecule has 0 amide bonds. The lowest BCUT2D eigenvalue weighted by atomic mass is 10.1. The Hall–Kier alpha value is -1.68. The van der Waals surface area contributed by atoms with E-state index in [1.165, 1.54) is 11.3 Å². The smallest absolute Gasteiger partial charge is 0.345 e. The van der Waals surface area contributed by atoms with Gasteiger partial charge in [0.05, 0.1) is 10.2 Å². The zero-order valence-electron chi connectivity index (χ0n) is 8.15. The van der Waals surface area contributed by atoms with E-state index in [9.17, 15) is 4.79 Å². The fourth-order valence-corrected chi connectivity index (χ4v) is 2.43. The van der Waals surface area contributed by atoms with E-state index in [-0.39, 0.29) is 0 Å². The van der Waals surface area contributed by atoms with E-state index in [1.54, 1.807) is 12.3 Å². The Morgan fingerprint density at radius 3 is 2.93 bits per heavy atom. The summed E-state index contributed by atoms with van der Waals surface area (Å²) in [6.45, 7) is 5.76. The van der Waals surface area contributed by atoms with E-state index >= 15 is 0 Å². The number of hydrogen-bond donors (Lipinski definition) is 1. The number of allylic oxidation sites excluding steroid dienone is 1. The van der Waals surface area contributed by atoms with E-state index in [2.05, 4.69) is 11.6 Å². The van der Waals surface area contributed by atoms with Crippen molar-refractivity contribution >= 4 is 33.1 Å². The zero-order chi connectivity index (χ0) is 11.0. The van der Waals surface area contributed by atoms with E-state index in [4.69, 9.17) is 5.11 Å². The van der Waals surface area contributed by atoms with Gasteiger partial charge in [-0.05, 0) is 30.2 Å². The Balaban J connectivity index is 2.75. The van der Waals surface area contributed by atoms with Gasteiger partial charge in [-0.3, -0.25) is 4.98 Å². The highest BCUT2D eigenvalue weighted by Gasteiger charge is 2.11. The predicted molar refractivity (Wildman–Crippen MR) is 61.3 cm³/mol. The number of thiophene rings is 1. The van der Waals surface area contributed by atoms with E-state index in [0.717, 1.165) is 21.4 Å². The molecule has 0 unspecified atom stereocenters. The van der Waals surface area contributed by atoms with Crippen molar-refractivity contribution < 1.29 is 9.90 Å². The highest BCUT2D eigenvalue weighted by molar-refractivity contribution is 7.21. The Morgan fingerprint density at radius 2 is 2.33 bits per heavy atom. The molecule has 15 heavy (non-hydrogen) atoms. The summed E-state index contributed by atoms with van der Waals surface area (Å²) < 4.78 is 0.891. The Labute approximate surface area is 90.7 Å². The molecular formula is C11H9NO2S. The van der Waals surface area contributed by atoms with Gasteiger partial charge in [-0.15, -0.1) is 11.3 Å². The normalized spacial score (nSPS) is 10.5. The Bertz CT molecular complexity index is 557. The molecule has 76 valence electrons. The van der Waals surface area contributed by atoms with Crippen LogP contribution in [0.2, 0.25) is 0 Å². The Morgan fingerprint density at radius 1 is 1.60 bits per heavy atom. The van der Waals surface area contributed by atoms with Crippen LogP contribution in [0.3, 0.4) is 0 Å². The number of aromatic carboxylic acids is 1. The summed E-state index contributed by atoms with van der Waals surface area (Å²) in [5.74, 6) is -0.911. The van der Waals surface area contributed by atoms with Crippen LogP contribution in [0.15, 0.2) is 24.9 Å². The molecule has 4 heteroatoms. The van der Waals surface area contributed by atoms with Crippen LogP contribution in [0.1, 0.15) is 22.2 Å². The van der Waals surface area contributed by atoms with E-state index < -0.39 is 5.97 Å². The third-order valence-electron chi connectivity index (χ3n) is 2.08. The molecule has 2 rings (SSSR count). The van der Waals surface area contributed by atoms with Gasteiger partial charge in [-0.2, -0.15) is 0 Å². The number of carboxylic acid groups (broad SMARTS) is 1. The van der Waals surface area contributed by atoms with Crippen molar-refractivity contribution in [2.24, 2.45) is 0 Å². The number of fused-ring (bicyclic) bond motifs is 1. The molecule has 0 aliphatic rings. The highest BCUT2D eigenvalue weighted by Crippen LogP contribution is 2.30. The van der Waals surface area contributed by atoms with Crippen LogP contribution in [-0.2, 0) is 0 Å². The van der Waals surface area contributed by atoms with Crippen molar-refractivity contribution in [2.75, 3.05) is 0 Å². The first-order chi connectivity index (χ1) is 7.09. The molecule has 0 radical (unpaired) electrons. The zero-order valence-corrected chi connectivity index (χ0v) is 8.97. The molecule has 2 aromatic rings. The monoisotopic (exact) mass is 219 g/mol. The molecule has 0 atom stereocenters. The Kier molecular flexibility index (Phi) is 2.28. The second kappa shape index (κ2) is 3.47. The molecule has 2 aromatic heterocycles. The molecule has 2 heterocycles. The van der Waals surface area contributed by atoms with E-state index in [0.29, 0.717) is 4.88 Å². The van der Waals surface area contributed by atoms with Crippen LogP contribution in [0, 0.1) is 0 Å². The maximum atomic E-state index is 10.8. The molecule has 0 aliphatic heterocycles. The van der Waals surface area contributed by atoms with Crippen LogP contribution >= 0.6 is 11.3 Å². The fourth-order valence-electron chi connectivity index (χ4n) is 1.38. The molecule has 0 spiro atoms. The number of hydrogen-bond acceptors (Lipinski definition) is 3. The van der Waals surface area contributed by atoms with Gasteiger partial charge in [-0.25, -0.2) is 4.79 Å². The first-order valence-electron chi connectivity index (χ1n) is 4.37. The minimum atomic E-state index is -0.911. The summed E-state index contributed by atoms with van der Waals surface area (Å²) in [6.07, 6.45) is 1.67. The summed E-state index contributed by atoms with van der Waals surface area (Å²) in [5.41, 5.74) is 2.61. The molecule has 0 saturated heterocycles. The quantitative estimate of drug-likeness (QED) is 0.844. The minimum absolute atomic E-state index is 0.311. The van der Waals surface area contributed by atoms with Crippen LogP contribution in [0.5, 0.6) is 0 Å². The molecule has 0 saturated carbocycles. The van der Waals surface area contributed by atoms with Crippen molar-refractivity contribution in [1.29, 1.82) is 0 Å². The number of carbonyl (C=O) groups is 1. The van der Waals surface area contributed by atoms with Crippen molar-refractivity contribution in [1.82, 2.24) is 4.98 Å². The summed E-state index contributed by atoms with van der Waals surface area (Å²) >= 11 is 1.24. The third kappa shape index (κ3) is 1.64. The van der Waals surface area contributed by atoms with Crippen LogP contribution < -0.4 is 0 Å². The first-order valence-corrected chi connectivity index (χ1v) is 5.19. The van der Waals surface area contributed by atoms with Gasteiger partial charge in [0.2, 0.25) is 0 Å². The van der Waals surface area contributed by atoms with Crippen molar-refractivity contribution in [3.8, 4) is 0 Å². The summed E-state index contributed by atoms with van der Waals surface area (Å²) in [4.78, 5) is 15.3. The topological polar surface area (TPSA) is 50.2 Å². The molecule has 0 aromatic carbocycles. The SMILES string of the molecule is C=C(C)c1ccnc2cc(C(=O)O)sc12. The average molecular weight is 219 g/mol. The largest absolute Gasteiger partial charge is 0.477 e. The van der Waals surface area contributed by atoms with Crippen molar-refractivity contribution in [3.05, 3.63) is 35.3 Å². The number of carboxylic acids is 1. The molecule has 1 N–H and O–H groups in total. The lowest BCUT2D eigenvalue weighted by Crippen LogP contribution is -1.89. The van der Waals surface area contributed by atoms with Crippen molar-refractivity contribution in [3.63, 3.8) is 0 Å². The van der Waals surface area contributed by atoms with Crippen LogP contribution in [0.25, 0.3) is 15.8 Å². The average Bonchev–Trinajstić information content (AvgIpc) is 2.60.